The van der Waals surface area contributed by atoms with Crippen molar-refractivity contribution in [2.75, 3.05) is 0 Å². The molecule has 3 nitrogen and oxygen atoms in total. The lowest BCUT2D eigenvalue weighted by molar-refractivity contribution is 0.521. The number of nitrogens with zero attached hydrogens (tertiary/aromatic N) is 2. The Morgan fingerprint density at radius 3 is 2.33 bits per heavy atom. The third-order valence-electron chi connectivity index (χ3n) is 3.52. The first kappa shape index (κ1) is 15.2. The van der Waals surface area contributed by atoms with Crippen molar-refractivity contribution < 1.29 is 0 Å². The van der Waals surface area contributed by atoms with E-state index in [2.05, 4.69) is 32.4 Å². The fourth-order valence-corrected chi connectivity index (χ4v) is 2.60. The quantitative estimate of drug-likeness (QED) is 0.717. The van der Waals surface area contributed by atoms with Crippen LogP contribution in [0.15, 0.2) is 0 Å². The Hall–Kier alpha value is -0.830. The number of hydrogen-bond acceptors (Lipinski definition) is 2. The minimum absolute atomic E-state index is 0.0966. The van der Waals surface area contributed by atoms with Crippen LogP contribution in [-0.2, 0) is 19.4 Å². The molecule has 0 amide bonds. The Kier molecular flexibility index (Phi) is 6.41. The molecule has 0 spiro atoms. The molecule has 18 heavy (non-hydrogen) atoms. The molecule has 0 aromatic carbocycles. The normalized spacial score (nSPS) is 12.9. The first-order valence-corrected chi connectivity index (χ1v) is 7.49. The molecule has 0 bridgehead atoms. The molecular formula is C15H29N3. The summed E-state index contributed by atoms with van der Waals surface area (Å²) in [6, 6.07) is 0.0966. The van der Waals surface area contributed by atoms with E-state index in [1.807, 2.05) is 0 Å². The Bertz CT molecular complexity index is 353. The van der Waals surface area contributed by atoms with Gasteiger partial charge in [-0.1, -0.05) is 40.0 Å². The largest absolute Gasteiger partial charge is 0.324 e. The highest BCUT2D eigenvalue weighted by atomic mass is 15.3. The van der Waals surface area contributed by atoms with Gasteiger partial charge in [-0.3, -0.25) is 4.68 Å². The molecular weight excluding hydrogens is 222 g/mol. The molecule has 1 rings (SSSR count). The second-order valence-electron chi connectivity index (χ2n) is 5.09. The van der Waals surface area contributed by atoms with Gasteiger partial charge in [0.25, 0.3) is 0 Å². The summed E-state index contributed by atoms with van der Waals surface area (Å²) >= 11 is 0. The van der Waals surface area contributed by atoms with E-state index in [9.17, 15) is 0 Å². The van der Waals surface area contributed by atoms with Crippen LogP contribution in [0.3, 0.4) is 0 Å². The van der Waals surface area contributed by atoms with Crippen molar-refractivity contribution in [3.05, 3.63) is 17.0 Å². The van der Waals surface area contributed by atoms with Crippen molar-refractivity contribution in [2.24, 2.45) is 5.73 Å². The highest BCUT2D eigenvalue weighted by Gasteiger charge is 2.17. The van der Waals surface area contributed by atoms with E-state index in [0.29, 0.717) is 0 Å². The van der Waals surface area contributed by atoms with E-state index in [0.717, 1.165) is 19.4 Å². The van der Waals surface area contributed by atoms with E-state index < -0.39 is 0 Å². The highest BCUT2D eigenvalue weighted by Crippen LogP contribution is 2.22. The van der Waals surface area contributed by atoms with Gasteiger partial charge in [-0.25, -0.2) is 0 Å². The summed E-state index contributed by atoms with van der Waals surface area (Å²) in [5.41, 5.74) is 9.93. The number of aryl methyl sites for hydroxylation is 2. The molecule has 0 fully saturated rings. The zero-order valence-electron chi connectivity index (χ0n) is 12.5. The van der Waals surface area contributed by atoms with Gasteiger partial charge in [0, 0.05) is 23.8 Å². The lowest BCUT2D eigenvalue weighted by atomic mass is 10.0. The topological polar surface area (TPSA) is 43.8 Å². The second-order valence-corrected chi connectivity index (χ2v) is 5.09. The van der Waals surface area contributed by atoms with Crippen molar-refractivity contribution in [1.29, 1.82) is 0 Å². The van der Waals surface area contributed by atoms with Crippen molar-refractivity contribution in [1.82, 2.24) is 9.78 Å². The molecule has 2 N–H and O–H groups in total. The minimum Gasteiger partial charge on any atom is -0.324 e. The van der Waals surface area contributed by atoms with Gasteiger partial charge in [0.05, 0.1) is 5.69 Å². The van der Waals surface area contributed by atoms with Crippen LogP contribution in [0.25, 0.3) is 0 Å². The van der Waals surface area contributed by atoms with Crippen molar-refractivity contribution in [3.8, 4) is 0 Å². The van der Waals surface area contributed by atoms with Gasteiger partial charge in [0.15, 0.2) is 0 Å². The Balaban J connectivity index is 2.83. The Morgan fingerprint density at radius 2 is 1.83 bits per heavy atom. The van der Waals surface area contributed by atoms with Crippen LogP contribution < -0.4 is 5.73 Å². The van der Waals surface area contributed by atoms with Gasteiger partial charge in [-0.15, -0.1) is 0 Å². The first-order chi connectivity index (χ1) is 8.65. The number of hydrogen-bond donors (Lipinski definition) is 1. The summed E-state index contributed by atoms with van der Waals surface area (Å²) in [6.07, 6.45) is 7.14. The number of aromatic nitrogens is 2. The molecule has 1 aromatic rings. The molecule has 0 saturated heterocycles. The third kappa shape index (κ3) is 3.58. The van der Waals surface area contributed by atoms with Crippen LogP contribution in [0.4, 0.5) is 0 Å². The van der Waals surface area contributed by atoms with Crippen molar-refractivity contribution >= 4 is 0 Å². The van der Waals surface area contributed by atoms with Gasteiger partial charge in [0.2, 0.25) is 0 Å². The molecule has 1 aromatic heterocycles. The molecule has 0 radical (unpaired) electrons. The van der Waals surface area contributed by atoms with Crippen LogP contribution >= 0.6 is 0 Å². The minimum atomic E-state index is 0.0966. The smallest absolute Gasteiger partial charge is 0.0672 e. The van der Waals surface area contributed by atoms with Crippen LogP contribution in [0.5, 0.6) is 0 Å². The summed E-state index contributed by atoms with van der Waals surface area (Å²) in [7, 11) is 0. The van der Waals surface area contributed by atoms with Gasteiger partial charge in [-0.05, 0) is 26.2 Å². The first-order valence-electron chi connectivity index (χ1n) is 7.49. The molecule has 0 aliphatic rings. The lowest BCUT2D eigenvalue weighted by Gasteiger charge is -2.10. The van der Waals surface area contributed by atoms with Gasteiger partial charge >= 0.3 is 0 Å². The molecule has 1 unspecified atom stereocenters. The highest BCUT2D eigenvalue weighted by molar-refractivity contribution is 5.29. The zero-order valence-corrected chi connectivity index (χ0v) is 12.5. The fraction of sp³-hybridized carbons (Fsp3) is 0.800. The monoisotopic (exact) mass is 251 g/mol. The maximum Gasteiger partial charge on any atom is 0.0672 e. The van der Waals surface area contributed by atoms with Crippen LogP contribution in [0, 0.1) is 0 Å². The van der Waals surface area contributed by atoms with Crippen molar-refractivity contribution in [3.63, 3.8) is 0 Å². The predicted octanol–water partition coefficient (Wildman–Crippen LogP) is 3.61. The maximum atomic E-state index is 6.10. The van der Waals surface area contributed by atoms with E-state index in [-0.39, 0.29) is 6.04 Å². The van der Waals surface area contributed by atoms with Gasteiger partial charge in [0.1, 0.15) is 0 Å². The molecule has 104 valence electrons. The number of unbranched alkanes of at least 4 members (excludes halogenated alkanes) is 3. The summed E-state index contributed by atoms with van der Waals surface area (Å²) in [4.78, 5) is 0. The predicted molar refractivity (Wildman–Crippen MR) is 77.7 cm³/mol. The Morgan fingerprint density at radius 1 is 1.11 bits per heavy atom. The molecule has 1 atom stereocenters. The summed E-state index contributed by atoms with van der Waals surface area (Å²) < 4.78 is 2.20. The van der Waals surface area contributed by atoms with Crippen LogP contribution in [-0.4, -0.2) is 9.78 Å². The van der Waals surface area contributed by atoms with E-state index in [4.69, 9.17) is 10.8 Å². The fourth-order valence-electron chi connectivity index (χ4n) is 2.60. The van der Waals surface area contributed by atoms with E-state index >= 15 is 0 Å². The second kappa shape index (κ2) is 7.57. The lowest BCUT2D eigenvalue weighted by Crippen LogP contribution is -2.11. The van der Waals surface area contributed by atoms with E-state index in [1.165, 1.54) is 42.6 Å². The van der Waals surface area contributed by atoms with Crippen molar-refractivity contribution in [2.45, 2.75) is 78.8 Å². The standard InChI is InChI=1S/C15H29N3/c1-5-8-9-10-11-18-14(7-3)15(12(4)16)13(6-2)17-18/h12H,5-11,16H2,1-4H3. The van der Waals surface area contributed by atoms with E-state index in [1.54, 1.807) is 0 Å². The summed E-state index contributed by atoms with van der Waals surface area (Å²) in [5.74, 6) is 0. The molecule has 0 aliphatic heterocycles. The third-order valence-corrected chi connectivity index (χ3v) is 3.52. The molecule has 3 heteroatoms. The number of nitrogens with two attached hydrogens (primary N) is 1. The molecule has 0 saturated carbocycles. The van der Waals surface area contributed by atoms with Gasteiger partial charge < -0.3 is 5.73 Å². The van der Waals surface area contributed by atoms with Gasteiger partial charge in [-0.2, -0.15) is 5.10 Å². The zero-order chi connectivity index (χ0) is 13.5. The Labute approximate surface area is 112 Å². The number of rotatable bonds is 8. The average molecular weight is 251 g/mol. The summed E-state index contributed by atoms with van der Waals surface area (Å²) in [5, 5.41) is 4.76. The molecule has 1 heterocycles. The van der Waals surface area contributed by atoms with Crippen LogP contribution in [0.2, 0.25) is 0 Å². The molecule has 0 aliphatic carbocycles. The maximum absolute atomic E-state index is 6.10. The van der Waals surface area contributed by atoms with Crippen LogP contribution in [0.1, 0.15) is 76.4 Å². The average Bonchev–Trinajstić information content (AvgIpc) is 2.72. The SMILES string of the molecule is CCCCCCn1nc(CC)c(C(C)N)c1CC. The summed E-state index contributed by atoms with van der Waals surface area (Å²) in [6.45, 7) is 9.72.